The molecule has 2 rings (SSSR count). The number of hydrogen-bond acceptors (Lipinski definition) is 5. The highest BCUT2D eigenvalue weighted by atomic mass is 32.2. The van der Waals surface area contributed by atoms with Gasteiger partial charge in [-0.3, -0.25) is 5.10 Å². The van der Waals surface area contributed by atoms with E-state index < -0.39 is 0 Å². The number of benzene rings is 1. The number of rotatable bonds is 7. The van der Waals surface area contributed by atoms with E-state index in [4.69, 9.17) is 4.74 Å². The van der Waals surface area contributed by atoms with Gasteiger partial charge in [-0.1, -0.05) is 6.07 Å². The molecule has 2 N–H and O–H groups in total. The second-order valence-electron chi connectivity index (χ2n) is 3.78. The first-order chi connectivity index (χ1) is 9.31. The van der Waals surface area contributed by atoms with Crippen LogP contribution in [0.15, 0.2) is 34.6 Å². The molecule has 19 heavy (non-hydrogen) atoms. The summed E-state index contributed by atoms with van der Waals surface area (Å²) >= 11 is 1.36. The number of nitrogens with one attached hydrogen (secondary N) is 2. The molecule has 0 aliphatic carbocycles. The summed E-state index contributed by atoms with van der Waals surface area (Å²) in [5, 5.41) is 10.3. The molecule has 1 aromatic carbocycles. The van der Waals surface area contributed by atoms with Crippen molar-refractivity contribution in [2.24, 2.45) is 0 Å². The van der Waals surface area contributed by atoms with Gasteiger partial charge in [-0.25, -0.2) is 9.37 Å². The summed E-state index contributed by atoms with van der Waals surface area (Å²) in [6, 6.07) is 5.01. The molecular weight excluding hydrogens is 267 g/mol. The first-order valence-electron chi connectivity index (χ1n) is 5.81. The van der Waals surface area contributed by atoms with E-state index in [9.17, 15) is 4.39 Å². The molecule has 0 bridgehead atoms. The van der Waals surface area contributed by atoms with Gasteiger partial charge in [-0.15, -0.1) is 0 Å². The van der Waals surface area contributed by atoms with Crippen molar-refractivity contribution in [1.29, 1.82) is 0 Å². The average molecular weight is 282 g/mol. The third kappa shape index (κ3) is 4.02. The molecule has 1 heterocycles. The predicted octanol–water partition coefficient (Wildman–Crippen LogP) is 1.83. The fraction of sp³-hybridized carbons (Fsp3) is 0.333. The standard InChI is InChI=1S/C12H15FN4OS/c1-18-6-5-14-7-9-10(13)3-2-4-11(9)19-12-15-8-16-17-12/h2-4,8,14H,5-7H2,1H3,(H,15,16,17). The van der Waals surface area contributed by atoms with Crippen LogP contribution in [0.1, 0.15) is 5.56 Å². The van der Waals surface area contributed by atoms with Crippen LogP contribution < -0.4 is 5.32 Å². The summed E-state index contributed by atoms with van der Waals surface area (Å²) < 4.78 is 18.8. The number of ether oxygens (including phenoxy) is 1. The molecule has 0 aliphatic heterocycles. The maximum atomic E-state index is 13.9. The van der Waals surface area contributed by atoms with Crippen LogP contribution in [-0.4, -0.2) is 35.4 Å². The lowest BCUT2D eigenvalue weighted by atomic mass is 10.2. The molecule has 0 aliphatic rings. The largest absolute Gasteiger partial charge is 0.383 e. The highest BCUT2D eigenvalue weighted by Crippen LogP contribution is 2.28. The van der Waals surface area contributed by atoms with E-state index in [0.29, 0.717) is 30.4 Å². The summed E-state index contributed by atoms with van der Waals surface area (Å²) in [7, 11) is 1.63. The SMILES string of the molecule is COCCNCc1c(F)cccc1Sc1ncn[nH]1. The van der Waals surface area contributed by atoms with Crippen molar-refractivity contribution in [3.05, 3.63) is 35.9 Å². The third-order valence-corrected chi connectivity index (χ3v) is 3.45. The fourth-order valence-electron chi connectivity index (χ4n) is 1.54. The van der Waals surface area contributed by atoms with Gasteiger partial charge in [0.2, 0.25) is 0 Å². The summed E-state index contributed by atoms with van der Waals surface area (Å²) in [5.74, 6) is -0.227. The minimum Gasteiger partial charge on any atom is -0.383 e. The Morgan fingerprint density at radius 2 is 2.37 bits per heavy atom. The van der Waals surface area contributed by atoms with Gasteiger partial charge in [0.15, 0.2) is 5.16 Å². The van der Waals surface area contributed by atoms with E-state index in [1.54, 1.807) is 13.2 Å². The van der Waals surface area contributed by atoms with E-state index in [2.05, 4.69) is 20.5 Å². The quantitative estimate of drug-likeness (QED) is 0.759. The Labute approximate surface area is 115 Å². The number of halogens is 1. The van der Waals surface area contributed by atoms with E-state index in [1.165, 1.54) is 24.2 Å². The highest BCUT2D eigenvalue weighted by Gasteiger charge is 2.10. The molecule has 0 atom stereocenters. The first kappa shape index (κ1) is 14.0. The van der Waals surface area contributed by atoms with Crippen molar-refractivity contribution in [3.63, 3.8) is 0 Å². The lowest BCUT2D eigenvalue weighted by Crippen LogP contribution is -2.19. The molecule has 0 amide bonds. The molecule has 2 aromatic rings. The van der Waals surface area contributed by atoms with Crippen LogP contribution in [0, 0.1) is 5.82 Å². The number of methoxy groups -OCH3 is 1. The Hall–Kier alpha value is -1.44. The average Bonchev–Trinajstić information content (AvgIpc) is 2.90. The molecule has 7 heteroatoms. The van der Waals surface area contributed by atoms with Gasteiger partial charge in [0.25, 0.3) is 0 Å². The van der Waals surface area contributed by atoms with E-state index in [-0.39, 0.29) is 5.82 Å². The summed E-state index contributed by atoms with van der Waals surface area (Å²) in [4.78, 5) is 4.85. The Balaban J connectivity index is 2.07. The van der Waals surface area contributed by atoms with Crippen molar-refractivity contribution in [2.45, 2.75) is 16.6 Å². The van der Waals surface area contributed by atoms with Gasteiger partial charge in [-0.2, -0.15) is 5.10 Å². The van der Waals surface area contributed by atoms with E-state index in [0.717, 1.165) is 4.90 Å². The van der Waals surface area contributed by atoms with Crippen LogP contribution in [-0.2, 0) is 11.3 Å². The summed E-state index contributed by atoms with van der Waals surface area (Å²) in [6.07, 6.45) is 1.43. The van der Waals surface area contributed by atoms with Crippen molar-refractivity contribution in [1.82, 2.24) is 20.5 Å². The van der Waals surface area contributed by atoms with Crippen LogP contribution >= 0.6 is 11.8 Å². The number of aromatic nitrogens is 3. The molecule has 0 unspecified atom stereocenters. The molecule has 0 radical (unpaired) electrons. The maximum absolute atomic E-state index is 13.9. The highest BCUT2D eigenvalue weighted by molar-refractivity contribution is 7.99. The van der Waals surface area contributed by atoms with Crippen LogP contribution in [0.4, 0.5) is 4.39 Å². The zero-order chi connectivity index (χ0) is 13.5. The lowest BCUT2D eigenvalue weighted by Gasteiger charge is -2.10. The third-order valence-electron chi connectivity index (χ3n) is 2.46. The summed E-state index contributed by atoms with van der Waals surface area (Å²) in [6.45, 7) is 1.72. The second-order valence-corrected chi connectivity index (χ2v) is 4.81. The van der Waals surface area contributed by atoms with Gasteiger partial charge in [0.05, 0.1) is 6.61 Å². The number of H-pyrrole nitrogens is 1. The lowest BCUT2D eigenvalue weighted by molar-refractivity contribution is 0.199. The molecule has 0 saturated carbocycles. The molecule has 0 fully saturated rings. The molecule has 5 nitrogen and oxygen atoms in total. The normalized spacial score (nSPS) is 10.8. The van der Waals surface area contributed by atoms with Gasteiger partial charge in [0.1, 0.15) is 12.1 Å². The molecule has 102 valence electrons. The zero-order valence-electron chi connectivity index (χ0n) is 10.5. The van der Waals surface area contributed by atoms with Crippen molar-refractivity contribution >= 4 is 11.8 Å². The van der Waals surface area contributed by atoms with Crippen LogP contribution in [0.3, 0.4) is 0 Å². The Kier molecular flexibility index (Phi) is 5.31. The zero-order valence-corrected chi connectivity index (χ0v) is 11.3. The van der Waals surface area contributed by atoms with Crippen molar-refractivity contribution < 1.29 is 9.13 Å². The van der Waals surface area contributed by atoms with Crippen molar-refractivity contribution in [3.8, 4) is 0 Å². The monoisotopic (exact) mass is 282 g/mol. The first-order valence-corrected chi connectivity index (χ1v) is 6.63. The number of nitrogens with zero attached hydrogens (tertiary/aromatic N) is 2. The topological polar surface area (TPSA) is 62.8 Å². The Morgan fingerprint density at radius 3 is 3.11 bits per heavy atom. The molecule has 0 saturated heterocycles. The molecule has 1 aromatic heterocycles. The molecular formula is C12H15FN4OS. The Morgan fingerprint density at radius 1 is 1.47 bits per heavy atom. The minimum atomic E-state index is -0.227. The number of hydrogen-bond donors (Lipinski definition) is 2. The van der Waals surface area contributed by atoms with E-state index in [1.807, 2.05) is 6.07 Å². The maximum Gasteiger partial charge on any atom is 0.188 e. The van der Waals surface area contributed by atoms with Gasteiger partial charge >= 0.3 is 0 Å². The summed E-state index contributed by atoms with van der Waals surface area (Å²) in [5.41, 5.74) is 0.625. The van der Waals surface area contributed by atoms with Gasteiger partial charge in [0, 0.05) is 30.7 Å². The van der Waals surface area contributed by atoms with Crippen molar-refractivity contribution in [2.75, 3.05) is 20.3 Å². The smallest absolute Gasteiger partial charge is 0.188 e. The van der Waals surface area contributed by atoms with Crippen LogP contribution in [0.25, 0.3) is 0 Å². The molecule has 0 spiro atoms. The van der Waals surface area contributed by atoms with Crippen LogP contribution in [0.2, 0.25) is 0 Å². The second kappa shape index (κ2) is 7.22. The number of aromatic amines is 1. The van der Waals surface area contributed by atoms with Gasteiger partial charge in [-0.05, 0) is 23.9 Å². The predicted molar refractivity (Wildman–Crippen MR) is 70.5 cm³/mol. The van der Waals surface area contributed by atoms with Crippen LogP contribution in [0.5, 0.6) is 0 Å². The van der Waals surface area contributed by atoms with Gasteiger partial charge < -0.3 is 10.1 Å². The minimum absolute atomic E-state index is 0.227. The van der Waals surface area contributed by atoms with E-state index >= 15 is 0 Å². The fourth-order valence-corrected chi connectivity index (χ4v) is 2.39. The Bertz CT molecular complexity index is 506.